The number of aliphatic carboxylic acids is 1. The third-order valence-electron chi connectivity index (χ3n) is 2.77. The van der Waals surface area contributed by atoms with E-state index < -0.39 is 23.6 Å². The molecule has 6 heteroatoms. The molecule has 0 spiro atoms. The van der Waals surface area contributed by atoms with Gasteiger partial charge in [-0.25, -0.2) is 0 Å². The molecule has 0 amide bonds. The second kappa shape index (κ2) is 4.04. The number of rotatable bonds is 2. The molecule has 0 saturated carbocycles. The van der Waals surface area contributed by atoms with Crippen LogP contribution in [0.15, 0.2) is 28.9 Å². The standard InChI is InChI=1S/C12H9F3O3/c1-6(11(16)17)7-5-18-9-4-2-3-8(10(7)9)12(13,14)15/h2-6H,1H3,(H,16,17). The van der Waals surface area contributed by atoms with Gasteiger partial charge in [-0.1, -0.05) is 6.07 Å². The van der Waals surface area contributed by atoms with E-state index in [2.05, 4.69) is 0 Å². The summed E-state index contributed by atoms with van der Waals surface area (Å²) in [5, 5.41) is 8.70. The minimum Gasteiger partial charge on any atom is -0.481 e. The Bertz CT molecular complexity index is 598. The molecular weight excluding hydrogens is 249 g/mol. The molecule has 2 aromatic rings. The van der Waals surface area contributed by atoms with Gasteiger partial charge in [0.05, 0.1) is 17.7 Å². The number of carboxylic acids is 1. The van der Waals surface area contributed by atoms with E-state index in [1.54, 1.807) is 0 Å². The van der Waals surface area contributed by atoms with E-state index in [9.17, 15) is 18.0 Å². The molecule has 3 nitrogen and oxygen atoms in total. The Morgan fingerprint density at radius 1 is 1.39 bits per heavy atom. The molecule has 18 heavy (non-hydrogen) atoms. The van der Waals surface area contributed by atoms with E-state index in [0.717, 1.165) is 12.3 Å². The summed E-state index contributed by atoms with van der Waals surface area (Å²) in [4.78, 5) is 10.9. The van der Waals surface area contributed by atoms with Gasteiger partial charge < -0.3 is 9.52 Å². The van der Waals surface area contributed by atoms with Gasteiger partial charge in [-0.3, -0.25) is 4.79 Å². The van der Waals surface area contributed by atoms with E-state index >= 15 is 0 Å². The van der Waals surface area contributed by atoms with Crippen LogP contribution in [0.5, 0.6) is 0 Å². The number of halogens is 3. The molecule has 1 unspecified atom stereocenters. The molecule has 0 aliphatic heterocycles. The Hall–Kier alpha value is -1.98. The number of alkyl halides is 3. The van der Waals surface area contributed by atoms with Crippen molar-refractivity contribution in [3.05, 3.63) is 35.6 Å². The van der Waals surface area contributed by atoms with Crippen LogP contribution in [0, 0.1) is 0 Å². The minimum absolute atomic E-state index is 0.0328. The first-order valence-corrected chi connectivity index (χ1v) is 5.12. The molecule has 0 bridgehead atoms. The molecule has 0 fully saturated rings. The molecule has 0 aliphatic carbocycles. The Labute approximate surface area is 99.8 Å². The van der Waals surface area contributed by atoms with Crippen molar-refractivity contribution in [2.45, 2.75) is 19.0 Å². The largest absolute Gasteiger partial charge is 0.481 e. The van der Waals surface area contributed by atoms with Crippen LogP contribution in [-0.2, 0) is 11.0 Å². The van der Waals surface area contributed by atoms with E-state index in [4.69, 9.17) is 9.52 Å². The summed E-state index contributed by atoms with van der Waals surface area (Å²) in [5.74, 6) is -2.26. The van der Waals surface area contributed by atoms with Gasteiger partial charge in [0.25, 0.3) is 0 Å². The van der Waals surface area contributed by atoms with E-state index in [-0.39, 0.29) is 16.5 Å². The smallest absolute Gasteiger partial charge is 0.417 e. The summed E-state index contributed by atoms with van der Waals surface area (Å²) in [5.41, 5.74) is -0.810. The van der Waals surface area contributed by atoms with Crippen LogP contribution in [0.4, 0.5) is 13.2 Å². The number of hydrogen-bond donors (Lipinski definition) is 1. The molecule has 2 rings (SSSR count). The SMILES string of the molecule is CC(C(=O)O)c1coc2cccc(C(F)(F)F)c12. The van der Waals surface area contributed by atoms with E-state index in [0.29, 0.717) is 0 Å². The van der Waals surface area contributed by atoms with Crippen LogP contribution in [-0.4, -0.2) is 11.1 Å². The lowest BCUT2D eigenvalue weighted by molar-refractivity contribution is -0.139. The number of carboxylic acid groups (broad SMARTS) is 1. The Balaban J connectivity index is 2.74. The van der Waals surface area contributed by atoms with Crippen LogP contribution in [0.2, 0.25) is 0 Å². The zero-order valence-corrected chi connectivity index (χ0v) is 9.28. The average molecular weight is 258 g/mol. The van der Waals surface area contributed by atoms with Crippen LogP contribution in [0.25, 0.3) is 11.0 Å². The number of furan rings is 1. The monoisotopic (exact) mass is 258 g/mol. The predicted molar refractivity (Wildman–Crippen MR) is 57.3 cm³/mol. The Morgan fingerprint density at radius 2 is 2.06 bits per heavy atom. The third kappa shape index (κ3) is 1.94. The predicted octanol–water partition coefficient (Wildman–Crippen LogP) is 3.64. The lowest BCUT2D eigenvalue weighted by atomic mass is 9.97. The lowest BCUT2D eigenvalue weighted by Crippen LogP contribution is -2.10. The van der Waals surface area contributed by atoms with Crippen molar-refractivity contribution in [2.24, 2.45) is 0 Å². The van der Waals surface area contributed by atoms with Gasteiger partial charge in [0.2, 0.25) is 0 Å². The van der Waals surface area contributed by atoms with Crippen molar-refractivity contribution < 1.29 is 27.5 Å². The second-order valence-electron chi connectivity index (χ2n) is 3.93. The van der Waals surface area contributed by atoms with Gasteiger partial charge in [-0.05, 0) is 19.1 Å². The van der Waals surface area contributed by atoms with Gasteiger partial charge in [0.1, 0.15) is 5.58 Å². The van der Waals surface area contributed by atoms with Gasteiger partial charge in [-0.15, -0.1) is 0 Å². The lowest BCUT2D eigenvalue weighted by Gasteiger charge is -2.10. The molecule has 1 aromatic carbocycles. The molecule has 0 aliphatic rings. The van der Waals surface area contributed by atoms with Crippen LogP contribution in [0.3, 0.4) is 0 Å². The maximum atomic E-state index is 12.9. The fourth-order valence-corrected chi connectivity index (χ4v) is 1.80. The molecule has 1 heterocycles. The highest BCUT2D eigenvalue weighted by atomic mass is 19.4. The summed E-state index contributed by atoms with van der Waals surface area (Å²) in [6.07, 6.45) is -3.48. The number of hydrogen-bond acceptors (Lipinski definition) is 2. The molecule has 0 saturated heterocycles. The zero-order chi connectivity index (χ0) is 13.5. The van der Waals surface area contributed by atoms with Crippen molar-refractivity contribution in [3.63, 3.8) is 0 Å². The van der Waals surface area contributed by atoms with Gasteiger partial charge >= 0.3 is 12.1 Å². The van der Waals surface area contributed by atoms with Crippen molar-refractivity contribution >= 4 is 16.9 Å². The van der Waals surface area contributed by atoms with Crippen molar-refractivity contribution in [1.82, 2.24) is 0 Å². The highest BCUT2D eigenvalue weighted by Crippen LogP contribution is 2.39. The summed E-state index contributed by atoms with van der Waals surface area (Å²) in [7, 11) is 0. The maximum absolute atomic E-state index is 12.9. The van der Waals surface area contributed by atoms with Crippen molar-refractivity contribution in [3.8, 4) is 0 Å². The van der Waals surface area contributed by atoms with Crippen LogP contribution in [0.1, 0.15) is 24.0 Å². The first-order valence-electron chi connectivity index (χ1n) is 5.12. The Kier molecular flexibility index (Phi) is 2.80. The van der Waals surface area contributed by atoms with E-state index in [1.165, 1.54) is 19.1 Å². The summed E-state index contributed by atoms with van der Waals surface area (Å²) >= 11 is 0. The summed E-state index contributed by atoms with van der Waals surface area (Å²) in [6, 6.07) is 3.52. The molecule has 1 atom stereocenters. The minimum atomic E-state index is -4.55. The number of fused-ring (bicyclic) bond motifs is 1. The zero-order valence-electron chi connectivity index (χ0n) is 9.28. The van der Waals surface area contributed by atoms with Crippen LogP contribution < -0.4 is 0 Å². The average Bonchev–Trinajstić information content (AvgIpc) is 2.69. The quantitative estimate of drug-likeness (QED) is 0.894. The fourth-order valence-electron chi connectivity index (χ4n) is 1.80. The van der Waals surface area contributed by atoms with Gasteiger partial charge in [-0.2, -0.15) is 13.2 Å². The summed E-state index contributed by atoms with van der Waals surface area (Å²) in [6.45, 7) is 1.32. The third-order valence-corrected chi connectivity index (χ3v) is 2.77. The maximum Gasteiger partial charge on any atom is 0.417 e. The fraction of sp³-hybridized carbons (Fsp3) is 0.250. The number of carbonyl (C=O) groups is 1. The highest BCUT2D eigenvalue weighted by molar-refractivity contribution is 5.90. The molecular formula is C12H9F3O3. The molecule has 1 aromatic heterocycles. The van der Waals surface area contributed by atoms with Crippen LogP contribution >= 0.6 is 0 Å². The van der Waals surface area contributed by atoms with Crippen molar-refractivity contribution in [2.75, 3.05) is 0 Å². The molecule has 96 valence electrons. The Morgan fingerprint density at radius 3 is 2.61 bits per heavy atom. The van der Waals surface area contributed by atoms with Crippen molar-refractivity contribution in [1.29, 1.82) is 0 Å². The highest BCUT2D eigenvalue weighted by Gasteiger charge is 2.35. The first-order chi connectivity index (χ1) is 8.32. The first kappa shape index (κ1) is 12.5. The molecule has 0 radical (unpaired) electrons. The second-order valence-corrected chi connectivity index (χ2v) is 3.93. The van der Waals surface area contributed by atoms with E-state index in [1.807, 2.05) is 0 Å². The normalized spacial score (nSPS) is 13.8. The van der Waals surface area contributed by atoms with Gasteiger partial charge in [0.15, 0.2) is 0 Å². The molecule has 1 N–H and O–H groups in total. The van der Waals surface area contributed by atoms with Gasteiger partial charge in [0, 0.05) is 10.9 Å². The topological polar surface area (TPSA) is 50.4 Å². The number of benzene rings is 1. The summed E-state index contributed by atoms with van der Waals surface area (Å²) < 4.78 is 43.5.